The van der Waals surface area contributed by atoms with Crippen molar-refractivity contribution in [3.05, 3.63) is 11.9 Å². The van der Waals surface area contributed by atoms with Gasteiger partial charge in [-0.15, -0.1) is 0 Å². The Balaban J connectivity index is 2.68. The lowest BCUT2D eigenvalue weighted by Crippen LogP contribution is -2.13. The fraction of sp³-hybridized carbons (Fsp3) is 0.667. The van der Waals surface area contributed by atoms with Gasteiger partial charge in [-0.25, -0.2) is 9.97 Å². The van der Waals surface area contributed by atoms with Crippen molar-refractivity contribution in [3.63, 3.8) is 0 Å². The Bertz CT molecular complexity index is 330. The van der Waals surface area contributed by atoms with Crippen LogP contribution in [0.4, 0.5) is 11.6 Å². The van der Waals surface area contributed by atoms with Gasteiger partial charge in [-0.2, -0.15) is 0 Å². The zero-order valence-electron chi connectivity index (χ0n) is 10.9. The number of hydrogen-bond acceptors (Lipinski definition) is 5. The molecule has 0 radical (unpaired) electrons. The molecule has 0 aliphatic carbocycles. The van der Waals surface area contributed by atoms with Gasteiger partial charge in [0.1, 0.15) is 18.0 Å². The molecule has 1 aromatic heterocycles. The van der Waals surface area contributed by atoms with Crippen LogP contribution < -0.4 is 10.6 Å². The third kappa shape index (κ3) is 4.19. The highest BCUT2D eigenvalue weighted by Crippen LogP contribution is 2.20. The van der Waals surface area contributed by atoms with Crippen LogP contribution in [-0.2, 0) is 11.2 Å². The molecule has 1 aromatic rings. The van der Waals surface area contributed by atoms with Crippen LogP contribution in [0.1, 0.15) is 25.8 Å². The van der Waals surface area contributed by atoms with Crippen molar-refractivity contribution in [3.8, 4) is 0 Å². The van der Waals surface area contributed by atoms with Crippen LogP contribution >= 0.6 is 0 Å². The van der Waals surface area contributed by atoms with E-state index in [0.717, 1.165) is 43.2 Å². The molecule has 0 spiro atoms. The lowest BCUT2D eigenvalue weighted by Gasteiger charge is -2.13. The third-order valence-electron chi connectivity index (χ3n) is 2.43. The number of ether oxygens (including phenoxy) is 1. The number of hydrogen-bond donors (Lipinski definition) is 2. The van der Waals surface area contributed by atoms with Crippen molar-refractivity contribution < 1.29 is 4.74 Å². The highest BCUT2D eigenvalue weighted by Gasteiger charge is 2.08. The first kappa shape index (κ1) is 13.7. The molecule has 0 unspecified atom stereocenters. The van der Waals surface area contributed by atoms with Crippen LogP contribution in [0.15, 0.2) is 6.33 Å². The molecular weight excluding hydrogens is 216 g/mol. The van der Waals surface area contributed by atoms with Crippen molar-refractivity contribution in [1.82, 2.24) is 9.97 Å². The molecule has 1 heterocycles. The molecule has 0 aliphatic rings. The average Bonchev–Trinajstić information content (AvgIpc) is 2.36. The van der Waals surface area contributed by atoms with Gasteiger partial charge in [0.05, 0.1) is 6.61 Å². The highest BCUT2D eigenvalue weighted by atomic mass is 16.5. The summed E-state index contributed by atoms with van der Waals surface area (Å²) < 4.78 is 5.29. The number of rotatable bonds is 8. The maximum absolute atomic E-state index is 5.29. The molecule has 96 valence electrons. The molecule has 2 N–H and O–H groups in total. The minimum absolute atomic E-state index is 0.695. The first-order chi connectivity index (χ1) is 8.33. The van der Waals surface area contributed by atoms with Gasteiger partial charge in [-0.3, -0.25) is 0 Å². The summed E-state index contributed by atoms with van der Waals surface area (Å²) in [4.78, 5) is 8.51. The molecule has 0 saturated carbocycles. The highest BCUT2D eigenvalue weighted by molar-refractivity contribution is 5.57. The van der Waals surface area contributed by atoms with E-state index >= 15 is 0 Å². The lowest BCUT2D eigenvalue weighted by atomic mass is 10.1. The summed E-state index contributed by atoms with van der Waals surface area (Å²) in [6, 6.07) is 0. The molecule has 0 bridgehead atoms. The smallest absolute Gasteiger partial charge is 0.134 e. The van der Waals surface area contributed by atoms with E-state index in [1.165, 1.54) is 0 Å². The van der Waals surface area contributed by atoms with E-state index in [1.807, 2.05) is 14.0 Å². The van der Waals surface area contributed by atoms with Crippen molar-refractivity contribution in [2.24, 2.45) is 0 Å². The van der Waals surface area contributed by atoms with Crippen LogP contribution in [0.5, 0.6) is 0 Å². The van der Waals surface area contributed by atoms with Gasteiger partial charge in [-0.1, -0.05) is 13.3 Å². The van der Waals surface area contributed by atoms with Gasteiger partial charge in [-0.05, 0) is 13.3 Å². The van der Waals surface area contributed by atoms with Gasteiger partial charge < -0.3 is 15.4 Å². The average molecular weight is 238 g/mol. The molecule has 0 fully saturated rings. The minimum Gasteiger partial charge on any atom is -0.380 e. The van der Waals surface area contributed by atoms with Crippen LogP contribution in [0.2, 0.25) is 0 Å². The number of aromatic nitrogens is 2. The summed E-state index contributed by atoms with van der Waals surface area (Å²) in [5.74, 6) is 1.81. The van der Waals surface area contributed by atoms with E-state index in [4.69, 9.17) is 4.74 Å². The molecular formula is C12H22N4O. The van der Waals surface area contributed by atoms with E-state index in [1.54, 1.807) is 6.33 Å². The van der Waals surface area contributed by atoms with Gasteiger partial charge in [0, 0.05) is 25.8 Å². The minimum atomic E-state index is 0.695. The summed E-state index contributed by atoms with van der Waals surface area (Å²) in [6.07, 6.45) is 3.62. The number of nitrogens with one attached hydrogen (secondary N) is 2. The first-order valence-corrected chi connectivity index (χ1v) is 6.16. The summed E-state index contributed by atoms with van der Waals surface area (Å²) in [6.45, 7) is 6.35. The largest absolute Gasteiger partial charge is 0.380 e. The molecule has 0 aliphatic heterocycles. The first-order valence-electron chi connectivity index (χ1n) is 6.16. The zero-order valence-corrected chi connectivity index (χ0v) is 10.9. The maximum atomic E-state index is 5.29. The maximum Gasteiger partial charge on any atom is 0.134 e. The SMILES string of the molecule is CCCc1c(NC)ncnc1NCCOCC. The molecule has 0 atom stereocenters. The van der Waals surface area contributed by atoms with Gasteiger partial charge in [0.25, 0.3) is 0 Å². The zero-order chi connectivity index (χ0) is 12.5. The fourth-order valence-corrected chi connectivity index (χ4v) is 1.65. The summed E-state index contributed by atoms with van der Waals surface area (Å²) in [5, 5.41) is 6.39. The topological polar surface area (TPSA) is 59.1 Å². The molecule has 17 heavy (non-hydrogen) atoms. The standard InChI is InChI=1S/C12H22N4O/c1-4-6-10-11(13-3)15-9-16-12(10)14-7-8-17-5-2/h9H,4-8H2,1-3H3,(H2,13,14,15,16). The third-order valence-corrected chi connectivity index (χ3v) is 2.43. The normalized spacial score (nSPS) is 10.3. The predicted octanol–water partition coefficient (Wildman–Crippen LogP) is 1.92. The lowest BCUT2D eigenvalue weighted by molar-refractivity contribution is 0.158. The Morgan fingerprint density at radius 1 is 1.24 bits per heavy atom. The molecule has 0 saturated heterocycles. The predicted molar refractivity (Wildman–Crippen MR) is 70.6 cm³/mol. The molecule has 5 nitrogen and oxygen atoms in total. The number of nitrogens with zero attached hydrogens (tertiary/aromatic N) is 2. The Hall–Kier alpha value is -1.36. The summed E-state index contributed by atoms with van der Waals surface area (Å²) in [7, 11) is 1.88. The second-order valence-electron chi connectivity index (χ2n) is 3.67. The Kier molecular flexibility index (Phi) is 6.32. The molecule has 5 heteroatoms. The van der Waals surface area contributed by atoms with E-state index in [0.29, 0.717) is 6.61 Å². The van der Waals surface area contributed by atoms with Crippen molar-refractivity contribution in [1.29, 1.82) is 0 Å². The summed E-state index contributed by atoms with van der Waals surface area (Å²) >= 11 is 0. The van der Waals surface area contributed by atoms with Crippen LogP contribution in [-0.4, -0.2) is 36.8 Å². The summed E-state index contributed by atoms with van der Waals surface area (Å²) in [5.41, 5.74) is 1.15. The molecule has 1 rings (SSSR count). The van der Waals surface area contributed by atoms with Gasteiger partial charge in [0.2, 0.25) is 0 Å². The van der Waals surface area contributed by atoms with Crippen LogP contribution in [0.3, 0.4) is 0 Å². The second-order valence-corrected chi connectivity index (χ2v) is 3.67. The molecule has 0 aromatic carbocycles. The van der Waals surface area contributed by atoms with Crippen LogP contribution in [0, 0.1) is 0 Å². The Morgan fingerprint density at radius 3 is 2.65 bits per heavy atom. The van der Waals surface area contributed by atoms with Crippen LogP contribution in [0.25, 0.3) is 0 Å². The Morgan fingerprint density at radius 2 is 2.00 bits per heavy atom. The molecule has 0 amide bonds. The Labute approximate surface area is 103 Å². The van der Waals surface area contributed by atoms with E-state index < -0.39 is 0 Å². The van der Waals surface area contributed by atoms with E-state index in [9.17, 15) is 0 Å². The monoisotopic (exact) mass is 238 g/mol. The van der Waals surface area contributed by atoms with E-state index in [-0.39, 0.29) is 0 Å². The van der Waals surface area contributed by atoms with E-state index in [2.05, 4.69) is 27.5 Å². The van der Waals surface area contributed by atoms with Gasteiger partial charge in [0.15, 0.2) is 0 Å². The van der Waals surface area contributed by atoms with Crippen molar-refractivity contribution in [2.45, 2.75) is 26.7 Å². The van der Waals surface area contributed by atoms with Gasteiger partial charge >= 0.3 is 0 Å². The van der Waals surface area contributed by atoms with Crippen molar-refractivity contribution >= 4 is 11.6 Å². The second kappa shape index (κ2) is 7.84. The fourth-order valence-electron chi connectivity index (χ4n) is 1.65. The van der Waals surface area contributed by atoms with Crippen molar-refractivity contribution in [2.75, 3.05) is 37.4 Å². The number of anilines is 2. The quantitative estimate of drug-likeness (QED) is 0.678.